The number of nitrogen functional groups attached to an aromatic ring is 1. The van der Waals surface area contributed by atoms with Gasteiger partial charge in [0.05, 0.1) is 23.4 Å². The van der Waals surface area contributed by atoms with Gasteiger partial charge in [0.25, 0.3) is 5.91 Å². The molecule has 0 aromatic heterocycles. The average molecular weight is 373 g/mol. The smallest absolute Gasteiger partial charge is 0.257 e. The summed E-state index contributed by atoms with van der Waals surface area (Å²) in [6.45, 7) is 1.67. The van der Waals surface area contributed by atoms with E-state index in [-0.39, 0.29) is 18.3 Å². The van der Waals surface area contributed by atoms with E-state index in [9.17, 15) is 4.79 Å². The predicted molar refractivity (Wildman–Crippen MR) is 100 cm³/mol. The fraction of sp³-hybridized carbons (Fsp3) is 0.611. The molecule has 2 fully saturated rings. The lowest BCUT2D eigenvalue weighted by Crippen LogP contribution is -2.47. The van der Waals surface area contributed by atoms with E-state index in [1.54, 1.807) is 19.2 Å². The van der Waals surface area contributed by atoms with Gasteiger partial charge in [-0.1, -0.05) is 30.9 Å². The second kappa shape index (κ2) is 7.83. The number of ether oxygens (including phenoxy) is 1. The molecule has 1 amide bonds. The van der Waals surface area contributed by atoms with Gasteiger partial charge in [-0.05, 0) is 37.2 Å². The number of amides is 1. The molecule has 0 bridgehead atoms. The maximum atomic E-state index is 13.0. The summed E-state index contributed by atoms with van der Waals surface area (Å²) in [6.07, 6.45) is 8.73. The minimum absolute atomic E-state index is 0. The Hall–Kier alpha value is -1.13. The fourth-order valence-corrected chi connectivity index (χ4v) is 4.33. The molecule has 4 nitrogen and oxygen atoms in total. The van der Waals surface area contributed by atoms with Gasteiger partial charge in [-0.2, -0.15) is 0 Å². The maximum absolute atomic E-state index is 13.0. The number of nitrogens with zero attached hydrogens (tertiary/aromatic N) is 1. The second-order valence-electron chi connectivity index (χ2n) is 6.96. The number of benzene rings is 1. The fourth-order valence-electron chi connectivity index (χ4n) is 4.17. The van der Waals surface area contributed by atoms with Crippen molar-refractivity contribution in [2.45, 2.75) is 44.9 Å². The predicted octanol–water partition coefficient (Wildman–Crippen LogP) is 4.54. The van der Waals surface area contributed by atoms with Crippen molar-refractivity contribution >= 4 is 35.6 Å². The molecule has 1 heterocycles. The molecule has 1 spiro atoms. The normalized spacial score (nSPS) is 19.7. The average Bonchev–Trinajstić information content (AvgIpc) is 2.57. The molecule has 1 aliphatic carbocycles. The van der Waals surface area contributed by atoms with Crippen LogP contribution in [0, 0.1) is 5.41 Å². The molecule has 1 aromatic rings. The molecule has 2 aliphatic rings. The zero-order valence-electron chi connectivity index (χ0n) is 14.1. The number of piperidine rings is 1. The van der Waals surface area contributed by atoms with E-state index in [4.69, 9.17) is 22.1 Å². The zero-order chi connectivity index (χ0) is 16.4. The summed E-state index contributed by atoms with van der Waals surface area (Å²) in [7, 11) is 1.55. The molecular weight excluding hydrogens is 347 g/mol. The molecule has 134 valence electrons. The first-order chi connectivity index (χ1) is 11.0. The molecule has 1 aromatic carbocycles. The number of anilines is 1. The number of likely N-dealkylation sites (tertiary alicyclic amines) is 1. The Balaban J connectivity index is 0.00000208. The molecule has 1 saturated carbocycles. The van der Waals surface area contributed by atoms with E-state index >= 15 is 0 Å². The maximum Gasteiger partial charge on any atom is 0.257 e. The minimum atomic E-state index is 0. The molecule has 0 atom stereocenters. The van der Waals surface area contributed by atoms with Crippen LogP contribution in [0.3, 0.4) is 0 Å². The molecule has 2 N–H and O–H groups in total. The van der Waals surface area contributed by atoms with Gasteiger partial charge in [-0.25, -0.2) is 0 Å². The highest BCUT2D eigenvalue weighted by molar-refractivity contribution is 6.33. The van der Waals surface area contributed by atoms with E-state index < -0.39 is 0 Å². The molecule has 1 aliphatic heterocycles. The summed E-state index contributed by atoms with van der Waals surface area (Å²) in [5.74, 6) is 0.508. The van der Waals surface area contributed by atoms with Crippen LogP contribution in [-0.4, -0.2) is 31.0 Å². The van der Waals surface area contributed by atoms with Crippen molar-refractivity contribution in [2.24, 2.45) is 5.41 Å². The molecule has 1 saturated heterocycles. The van der Waals surface area contributed by atoms with Gasteiger partial charge in [0.1, 0.15) is 5.75 Å². The number of carbonyl (C=O) groups excluding carboxylic acids is 1. The lowest BCUT2D eigenvalue weighted by molar-refractivity contribution is 0.0382. The number of nitrogens with two attached hydrogens (primary N) is 1. The molecule has 0 unspecified atom stereocenters. The highest BCUT2D eigenvalue weighted by atomic mass is 35.5. The summed E-state index contributed by atoms with van der Waals surface area (Å²) >= 11 is 6.12. The van der Waals surface area contributed by atoms with E-state index in [1.165, 1.54) is 38.5 Å². The number of rotatable bonds is 2. The van der Waals surface area contributed by atoms with Crippen LogP contribution in [0.5, 0.6) is 5.75 Å². The molecule has 0 radical (unpaired) electrons. The van der Waals surface area contributed by atoms with Crippen LogP contribution in [0.15, 0.2) is 12.1 Å². The third kappa shape index (κ3) is 3.75. The van der Waals surface area contributed by atoms with Gasteiger partial charge in [0.15, 0.2) is 0 Å². The Morgan fingerprint density at radius 3 is 2.54 bits per heavy atom. The first-order valence-electron chi connectivity index (χ1n) is 8.47. The third-order valence-electron chi connectivity index (χ3n) is 5.41. The van der Waals surface area contributed by atoms with E-state index in [1.807, 2.05) is 4.90 Å². The van der Waals surface area contributed by atoms with E-state index in [0.717, 1.165) is 19.5 Å². The van der Waals surface area contributed by atoms with Gasteiger partial charge in [0, 0.05) is 19.2 Å². The topological polar surface area (TPSA) is 55.6 Å². The van der Waals surface area contributed by atoms with E-state index in [2.05, 4.69) is 0 Å². The Morgan fingerprint density at radius 2 is 1.88 bits per heavy atom. The van der Waals surface area contributed by atoms with Gasteiger partial charge in [-0.3, -0.25) is 4.79 Å². The summed E-state index contributed by atoms with van der Waals surface area (Å²) in [5.41, 5.74) is 7.10. The Labute approximate surface area is 155 Å². The lowest BCUT2D eigenvalue weighted by atomic mass is 9.69. The van der Waals surface area contributed by atoms with Crippen molar-refractivity contribution in [3.8, 4) is 5.75 Å². The minimum Gasteiger partial charge on any atom is -0.496 e. The summed E-state index contributed by atoms with van der Waals surface area (Å²) in [5, 5.41) is 0.401. The van der Waals surface area contributed by atoms with Crippen molar-refractivity contribution in [3.63, 3.8) is 0 Å². The highest BCUT2D eigenvalue weighted by Crippen LogP contribution is 2.43. The monoisotopic (exact) mass is 372 g/mol. The lowest BCUT2D eigenvalue weighted by Gasteiger charge is -2.45. The summed E-state index contributed by atoms with van der Waals surface area (Å²) in [4.78, 5) is 15.0. The van der Waals surface area contributed by atoms with Crippen LogP contribution in [0.4, 0.5) is 5.69 Å². The van der Waals surface area contributed by atoms with Crippen molar-refractivity contribution in [1.29, 1.82) is 0 Å². The molecule has 3 rings (SSSR count). The first-order valence-corrected chi connectivity index (χ1v) is 8.85. The van der Waals surface area contributed by atoms with Crippen LogP contribution in [-0.2, 0) is 0 Å². The summed E-state index contributed by atoms with van der Waals surface area (Å²) < 4.78 is 5.34. The largest absolute Gasteiger partial charge is 0.496 e. The Morgan fingerprint density at radius 1 is 1.21 bits per heavy atom. The number of carbonyl (C=O) groups is 1. The van der Waals surface area contributed by atoms with Gasteiger partial charge in [0.2, 0.25) is 0 Å². The molecule has 6 heteroatoms. The SMILES string of the molecule is COc1cc(N)c(Cl)cc1C(=O)N1CCCC2(CCCCC2)C1.Cl. The van der Waals surface area contributed by atoms with Gasteiger partial charge in [-0.15, -0.1) is 12.4 Å². The first kappa shape index (κ1) is 19.2. The standard InChI is InChI=1S/C18H25ClN2O2.ClH/c1-23-16-11-15(20)14(19)10-13(16)17(22)21-9-5-8-18(12-21)6-3-2-4-7-18;/h10-11H,2-9,12,20H2,1H3;1H. The second-order valence-corrected chi connectivity index (χ2v) is 7.37. The van der Waals surface area contributed by atoms with Gasteiger partial charge < -0.3 is 15.4 Å². The quantitative estimate of drug-likeness (QED) is 0.775. The number of halogens is 2. The van der Waals surface area contributed by atoms with Crippen LogP contribution >= 0.6 is 24.0 Å². The Kier molecular flexibility index (Phi) is 6.27. The van der Waals surface area contributed by atoms with Crippen LogP contribution in [0.25, 0.3) is 0 Å². The molecular formula is C18H26Cl2N2O2. The van der Waals surface area contributed by atoms with Crippen LogP contribution < -0.4 is 10.5 Å². The van der Waals surface area contributed by atoms with Gasteiger partial charge >= 0.3 is 0 Å². The van der Waals surface area contributed by atoms with Crippen LogP contribution in [0.1, 0.15) is 55.3 Å². The number of methoxy groups -OCH3 is 1. The van der Waals surface area contributed by atoms with Crippen LogP contribution in [0.2, 0.25) is 5.02 Å². The van der Waals surface area contributed by atoms with E-state index in [0.29, 0.717) is 27.4 Å². The number of hydrogen-bond donors (Lipinski definition) is 1. The number of hydrogen-bond acceptors (Lipinski definition) is 3. The van der Waals surface area contributed by atoms with Crippen molar-refractivity contribution in [1.82, 2.24) is 4.90 Å². The van der Waals surface area contributed by atoms with Crippen molar-refractivity contribution in [2.75, 3.05) is 25.9 Å². The zero-order valence-corrected chi connectivity index (χ0v) is 15.7. The molecule has 24 heavy (non-hydrogen) atoms. The van der Waals surface area contributed by atoms with Crippen molar-refractivity contribution < 1.29 is 9.53 Å². The van der Waals surface area contributed by atoms with Crippen molar-refractivity contribution in [3.05, 3.63) is 22.7 Å². The highest BCUT2D eigenvalue weighted by Gasteiger charge is 2.38. The third-order valence-corrected chi connectivity index (χ3v) is 5.74. The Bertz CT molecular complexity index is 595. The summed E-state index contributed by atoms with van der Waals surface area (Å²) in [6, 6.07) is 3.27.